The molecule has 0 aliphatic heterocycles. The lowest BCUT2D eigenvalue weighted by molar-refractivity contribution is -0.138. The molecule has 348 valence electrons. The normalized spacial score (nSPS) is 14.1. The van der Waals surface area contributed by atoms with Crippen LogP contribution in [0.1, 0.15) is 114 Å². The van der Waals surface area contributed by atoms with Crippen molar-refractivity contribution in [1.29, 1.82) is 0 Å². The number of halogens is 1. The zero-order valence-corrected chi connectivity index (χ0v) is 42.3. The number of ether oxygens (including phenoxy) is 2. The van der Waals surface area contributed by atoms with E-state index in [1.54, 1.807) is 0 Å². The fraction of sp³-hybridized carbons (Fsp3) is 0.281. The lowest BCUT2D eigenvalue weighted by Gasteiger charge is -2.33. The molecule has 0 amide bonds. The smallest absolute Gasteiger partial charge is 0.330 e. The van der Waals surface area contributed by atoms with Crippen molar-refractivity contribution in [2.24, 2.45) is 0 Å². The molecule has 0 N–H and O–H groups in total. The Labute approximate surface area is 415 Å². The maximum Gasteiger partial charge on any atom is 0.330 e. The quantitative estimate of drug-likeness (QED) is 0.0419. The van der Waals surface area contributed by atoms with Crippen LogP contribution in [0, 0.1) is 0 Å². The van der Waals surface area contributed by atoms with Crippen LogP contribution < -0.4 is 0 Å². The Morgan fingerprint density at radius 1 is 0.522 bits per heavy atom. The molecule has 0 saturated carbocycles. The number of esters is 2. The van der Waals surface area contributed by atoms with Gasteiger partial charge in [-0.25, -0.2) is 9.59 Å². The molecule has 0 aromatic heterocycles. The first kappa shape index (κ1) is 46.4. The molecule has 4 nitrogen and oxygen atoms in total. The Morgan fingerprint density at radius 3 is 1.57 bits per heavy atom. The van der Waals surface area contributed by atoms with Gasteiger partial charge in [-0.3, -0.25) is 0 Å². The second-order valence-electron chi connectivity index (χ2n) is 21.0. The van der Waals surface area contributed by atoms with E-state index in [0.717, 1.165) is 55.8 Å². The third-order valence-electron chi connectivity index (χ3n) is 15.4. The van der Waals surface area contributed by atoms with E-state index in [1.165, 1.54) is 117 Å². The van der Waals surface area contributed by atoms with Crippen molar-refractivity contribution in [2.45, 2.75) is 102 Å². The zero-order valence-electron chi connectivity index (χ0n) is 40.7. The molecular weight excluding hydrogens is 913 g/mol. The molecule has 0 radical (unpaired) electrons. The van der Waals surface area contributed by atoms with Crippen molar-refractivity contribution in [2.75, 3.05) is 13.2 Å². The minimum atomic E-state index is -0.375. The third-order valence-corrected chi connectivity index (χ3v) is 15.9. The summed E-state index contributed by atoms with van der Waals surface area (Å²) in [5.41, 5.74) is 16.6. The van der Waals surface area contributed by atoms with Crippen LogP contribution in [-0.2, 0) is 35.3 Å². The van der Waals surface area contributed by atoms with Crippen molar-refractivity contribution in [3.05, 3.63) is 179 Å². The predicted octanol–water partition coefficient (Wildman–Crippen LogP) is 17.1. The number of fused-ring (bicyclic) bond motifs is 6. The SMILES string of the molecule is C=CC(=O)OCCCCCC1(CCCCCOC(=O)C=C)c2cc(Br)ccc2-c2ccc(-c3ccc4c(c3)C(C)(C)c3cc(-c5ccc6ccc7cc(C(C)(C)C)cc8ccc5c6c78)ccc3-4)cc21. The van der Waals surface area contributed by atoms with Gasteiger partial charge in [0, 0.05) is 27.5 Å². The number of rotatable bonds is 16. The number of hydrogen-bond donors (Lipinski definition) is 0. The summed E-state index contributed by atoms with van der Waals surface area (Å²) in [6, 6.07) is 46.9. The van der Waals surface area contributed by atoms with Crippen molar-refractivity contribution in [3.63, 3.8) is 0 Å². The maximum absolute atomic E-state index is 11.8. The highest BCUT2D eigenvalue weighted by Crippen LogP contribution is 2.57. The highest BCUT2D eigenvalue weighted by molar-refractivity contribution is 9.10. The summed E-state index contributed by atoms with van der Waals surface area (Å²) in [7, 11) is 0. The van der Waals surface area contributed by atoms with E-state index >= 15 is 0 Å². The van der Waals surface area contributed by atoms with Crippen LogP contribution in [0.2, 0.25) is 0 Å². The molecule has 0 heterocycles. The van der Waals surface area contributed by atoms with Crippen LogP contribution in [0.4, 0.5) is 0 Å². The van der Waals surface area contributed by atoms with Crippen molar-refractivity contribution < 1.29 is 19.1 Å². The first-order valence-electron chi connectivity index (χ1n) is 24.8. The number of carbonyl (C=O) groups excluding carboxylic acids is 2. The number of unbranched alkanes of at least 4 members (excludes halogenated alkanes) is 4. The highest BCUT2D eigenvalue weighted by atomic mass is 79.9. The van der Waals surface area contributed by atoms with Crippen molar-refractivity contribution in [1.82, 2.24) is 0 Å². The molecule has 0 spiro atoms. The van der Waals surface area contributed by atoms with Crippen LogP contribution in [0.25, 0.3) is 76.8 Å². The van der Waals surface area contributed by atoms with E-state index in [-0.39, 0.29) is 28.2 Å². The van der Waals surface area contributed by atoms with Gasteiger partial charge >= 0.3 is 11.9 Å². The zero-order chi connectivity index (χ0) is 48.2. The molecule has 0 unspecified atom stereocenters. The van der Waals surface area contributed by atoms with Gasteiger partial charge in [-0.05, 0) is 166 Å². The van der Waals surface area contributed by atoms with Gasteiger partial charge in [0.1, 0.15) is 0 Å². The Balaban J connectivity index is 0.986. The second-order valence-corrected chi connectivity index (χ2v) is 21.9. The summed E-state index contributed by atoms with van der Waals surface area (Å²) in [5, 5.41) is 7.90. The molecular formula is C64H61BrO4. The fourth-order valence-corrected chi connectivity index (χ4v) is 12.1. The topological polar surface area (TPSA) is 52.6 Å². The first-order valence-corrected chi connectivity index (χ1v) is 25.6. The molecule has 0 saturated heterocycles. The van der Waals surface area contributed by atoms with E-state index in [1.807, 2.05) is 0 Å². The number of benzene rings is 8. The number of hydrogen-bond acceptors (Lipinski definition) is 4. The lowest BCUT2D eigenvalue weighted by Crippen LogP contribution is -2.26. The molecule has 5 heteroatoms. The van der Waals surface area contributed by atoms with Crippen LogP contribution in [0.15, 0.2) is 151 Å². The van der Waals surface area contributed by atoms with Crippen molar-refractivity contribution in [3.8, 4) is 44.5 Å². The molecule has 69 heavy (non-hydrogen) atoms. The maximum atomic E-state index is 11.8. The van der Waals surface area contributed by atoms with Crippen LogP contribution in [0.3, 0.4) is 0 Å². The molecule has 0 bridgehead atoms. The van der Waals surface area contributed by atoms with E-state index in [0.29, 0.717) is 13.2 Å². The lowest BCUT2D eigenvalue weighted by atomic mass is 9.70. The minimum absolute atomic E-state index is 0.0726. The average molecular weight is 974 g/mol. The van der Waals surface area contributed by atoms with Gasteiger partial charge in [-0.1, -0.05) is 180 Å². The van der Waals surface area contributed by atoms with Gasteiger partial charge in [0.2, 0.25) is 0 Å². The summed E-state index contributed by atoms with van der Waals surface area (Å²) in [4.78, 5) is 23.5. The van der Waals surface area contributed by atoms with E-state index in [2.05, 4.69) is 185 Å². The molecule has 0 fully saturated rings. The summed E-state index contributed by atoms with van der Waals surface area (Å²) < 4.78 is 11.8. The largest absolute Gasteiger partial charge is 0.463 e. The fourth-order valence-electron chi connectivity index (χ4n) is 11.8. The monoisotopic (exact) mass is 972 g/mol. The third kappa shape index (κ3) is 8.31. The summed E-state index contributed by atoms with van der Waals surface area (Å²) in [6.07, 6.45) is 9.84. The Bertz CT molecular complexity index is 3290. The van der Waals surface area contributed by atoms with Crippen LogP contribution in [-0.4, -0.2) is 25.2 Å². The highest BCUT2D eigenvalue weighted by Gasteiger charge is 2.43. The predicted molar refractivity (Wildman–Crippen MR) is 290 cm³/mol. The standard InChI is InChI=1S/C64H61BrO4/c1-8-58(66)68-32-14-10-12-30-64(31-13-11-15-33-69-59(67)9-2)56-37-42(20-26-51(56)52-29-23-47(65)39-57(52)64)41-19-25-49-50-27-21-43(38-55(50)63(6,7)54(49)36-41)48-24-18-40-16-17-44-34-46(62(3,4)5)35-45-22-28-53(48)61(40)60(44)45/h8-9,16-29,34-39H,1-2,10-15,30-33H2,3-7H3. The van der Waals surface area contributed by atoms with Gasteiger partial charge in [0.05, 0.1) is 13.2 Å². The van der Waals surface area contributed by atoms with Crippen molar-refractivity contribution >= 4 is 60.2 Å². The Morgan fingerprint density at radius 2 is 0.986 bits per heavy atom. The molecule has 8 aromatic rings. The van der Waals surface area contributed by atoms with Gasteiger partial charge in [0.25, 0.3) is 0 Å². The molecule has 10 rings (SSSR count). The summed E-state index contributed by atoms with van der Waals surface area (Å²) >= 11 is 3.85. The average Bonchev–Trinajstić information content (AvgIpc) is 3.74. The van der Waals surface area contributed by atoms with Crippen LogP contribution >= 0.6 is 15.9 Å². The van der Waals surface area contributed by atoms with Crippen LogP contribution in [0.5, 0.6) is 0 Å². The minimum Gasteiger partial charge on any atom is -0.463 e. The summed E-state index contributed by atoms with van der Waals surface area (Å²) in [5.74, 6) is -0.751. The van der Waals surface area contributed by atoms with E-state index in [4.69, 9.17) is 9.47 Å². The van der Waals surface area contributed by atoms with Gasteiger partial charge in [-0.2, -0.15) is 0 Å². The molecule has 2 aliphatic rings. The number of carbonyl (C=O) groups is 2. The Hall–Kier alpha value is -6.30. The van der Waals surface area contributed by atoms with Gasteiger partial charge in [0.15, 0.2) is 0 Å². The molecule has 2 aliphatic carbocycles. The second kappa shape index (κ2) is 18.2. The van der Waals surface area contributed by atoms with Gasteiger partial charge in [-0.15, -0.1) is 0 Å². The van der Waals surface area contributed by atoms with E-state index < -0.39 is 0 Å². The molecule has 8 aromatic carbocycles. The summed E-state index contributed by atoms with van der Waals surface area (Å²) in [6.45, 7) is 19.5. The first-order chi connectivity index (χ1) is 33.2. The molecule has 0 atom stereocenters. The Kier molecular flexibility index (Phi) is 12.3. The van der Waals surface area contributed by atoms with Gasteiger partial charge < -0.3 is 9.47 Å². The van der Waals surface area contributed by atoms with E-state index in [9.17, 15) is 9.59 Å².